The van der Waals surface area contributed by atoms with Crippen molar-refractivity contribution < 1.29 is 22.3 Å². The number of anilines is 3. The van der Waals surface area contributed by atoms with Gasteiger partial charge >= 0.3 is 0 Å². The molecule has 1 saturated heterocycles. The van der Waals surface area contributed by atoms with E-state index in [1.54, 1.807) is 37.3 Å². The minimum atomic E-state index is -3.46. The summed E-state index contributed by atoms with van der Waals surface area (Å²) in [6.07, 6.45) is 0.494. The van der Waals surface area contributed by atoms with E-state index in [9.17, 15) is 17.6 Å². The number of carbonyl (C=O) groups is 1. The minimum absolute atomic E-state index is 0.00422. The van der Waals surface area contributed by atoms with Crippen LogP contribution in [0.1, 0.15) is 37.6 Å². The van der Waals surface area contributed by atoms with Crippen LogP contribution in [0.25, 0.3) is 0 Å². The maximum Gasteiger partial charge on any atom is 0.255 e. The molecule has 0 saturated carbocycles. The second-order valence-electron chi connectivity index (χ2n) is 7.78. The fourth-order valence-corrected chi connectivity index (χ4v) is 4.77. The van der Waals surface area contributed by atoms with Crippen LogP contribution in [0.5, 0.6) is 0 Å². The summed E-state index contributed by atoms with van der Waals surface area (Å²) < 4.78 is 46.8. The first-order chi connectivity index (χ1) is 14.7. The third kappa shape index (κ3) is 6.18. The molecule has 7 nitrogen and oxygen atoms in total. The van der Waals surface area contributed by atoms with Gasteiger partial charge in [0.1, 0.15) is 5.82 Å². The number of sulfonamides is 1. The molecule has 0 spiro atoms. The molecule has 2 unspecified atom stereocenters. The van der Waals surface area contributed by atoms with Gasteiger partial charge in [0, 0.05) is 30.0 Å². The average molecular weight is 450 g/mol. The van der Waals surface area contributed by atoms with Crippen LogP contribution in [-0.2, 0) is 14.8 Å². The Kier molecular flexibility index (Phi) is 7.17. The van der Waals surface area contributed by atoms with Crippen LogP contribution >= 0.6 is 0 Å². The van der Waals surface area contributed by atoms with Crippen LogP contribution in [0.15, 0.2) is 42.5 Å². The summed E-state index contributed by atoms with van der Waals surface area (Å²) in [7, 11) is -3.46. The number of rotatable bonds is 7. The number of hydrogen-bond acceptors (Lipinski definition) is 5. The van der Waals surface area contributed by atoms with E-state index in [4.69, 9.17) is 4.74 Å². The molecule has 2 atom stereocenters. The Bertz CT molecular complexity index is 1030. The highest BCUT2D eigenvalue weighted by Gasteiger charge is 2.24. The fraction of sp³-hybridized carbons (Fsp3) is 0.409. The predicted molar refractivity (Wildman–Crippen MR) is 121 cm³/mol. The van der Waals surface area contributed by atoms with Crippen molar-refractivity contribution in [2.45, 2.75) is 39.4 Å². The van der Waals surface area contributed by atoms with E-state index in [0.717, 1.165) is 0 Å². The van der Waals surface area contributed by atoms with E-state index in [1.807, 2.05) is 18.7 Å². The number of nitrogens with one attached hydrogen (secondary N) is 2. The predicted octanol–water partition coefficient (Wildman–Crippen LogP) is 3.84. The zero-order valence-corrected chi connectivity index (χ0v) is 18.7. The van der Waals surface area contributed by atoms with E-state index >= 15 is 0 Å². The number of benzene rings is 2. The smallest absolute Gasteiger partial charge is 0.255 e. The Labute approximate surface area is 182 Å². The normalized spacial score (nSPS) is 19.2. The first-order valence-corrected chi connectivity index (χ1v) is 11.9. The summed E-state index contributed by atoms with van der Waals surface area (Å²) in [5, 5.41) is 2.66. The zero-order chi connectivity index (χ0) is 22.6. The van der Waals surface area contributed by atoms with E-state index in [-0.39, 0.29) is 23.5 Å². The zero-order valence-electron chi connectivity index (χ0n) is 17.9. The van der Waals surface area contributed by atoms with Crippen molar-refractivity contribution in [3.63, 3.8) is 0 Å². The van der Waals surface area contributed by atoms with E-state index in [1.165, 1.54) is 12.1 Å². The van der Waals surface area contributed by atoms with Gasteiger partial charge in [0.2, 0.25) is 10.0 Å². The Hall–Kier alpha value is -2.65. The number of amides is 1. The van der Waals surface area contributed by atoms with Crippen molar-refractivity contribution in [3.05, 3.63) is 53.8 Å². The SMILES string of the molecule is CCCS(=O)(=O)Nc1cccc(C(=O)Nc2ccc(N3CC(C)OC(C)C3)c(F)c2)c1. The second-order valence-corrected chi connectivity index (χ2v) is 9.63. The second kappa shape index (κ2) is 9.65. The lowest BCUT2D eigenvalue weighted by Crippen LogP contribution is -2.45. The van der Waals surface area contributed by atoms with Gasteiger partial charge in [0.05, 0.1) is 23.6 Å². The number of halogens is 1. The Morgan fingerprint density at radius 2 is 1.84 bits per heavy atom. The maximum absolute atomic E-state index is 14.8. The molecule has 0 aromatic heterocycles. The van der Waals surface area contributed by atoms with Crippen molar-refractivity contribution in [1.29, 1.82) is 0 Å². The first-order valence-electron chi connectivity index (χ1n) is 10.3. The lowest BCUT2D eigenvalue weighted by molar-refractivity contribution is -0.00539. The van der Waals surface area contributed by atoms with Gasteiger partial charge in [0.25, 0.3) is 5.91 Å². The molecule has 1 heterocycles. The Balaban J connectivity index is 1.71. The number of nitrogens with zero attached hydrogens (tertiary/aromatic N) is 1. The standard InChI is InChI=1S/C22H28FN3O4S/c1-4-10-31(28,29)25-19-7-5-6-17(11-19)22(27)24-18-8-9-21(20(23)12-18)26-13-15(2)30-16(3)14-26/h5-9,11-12,15-16,25H,4,10,13-14H2,1-3H3,(H,24,27). The first kappa shape index (κ1) is 23.0. The molecule has 2 N–H and O–H groups in total. The van der Waals surface area contributed by atoms with Crippen LogP contribution in [0.3, 0.4) is 0 Å². The van der Waals surface area contributed by atoms with Crippen molar-refractivity contribution in [2.75, 3.05) is 33.8 Å². The largest absolute Gasteiger partial charge is 0.372 e. The maximum atomic E-state index is 14.8. The number of hydrogen-bond donors (Lipinski definition) is 2. The summed E-state index contributed by atoms with van der Waals surface area (Å²) >= 11 is 0. The highest BCUT2D eigenvalue weighted by molar-refractivity contribution is 7.92. The molecule has 31 heavy (non-hydrogen) atoms. The quantitative estimate of drug-likeness (QED) is 0.671. The topological polar surface area (TPSA) is 87.7 Å². The summed E-state index contributed by atoms with van der Waals surface area (Å²) in [5.41, 5.74) is 1.35. The molecule has 3 rings (SSSR count). The van der Waals surface area contributed by atoms with E-state index in [0.29, 0.717) is 36.6 Å². The van der Waals surface area contributed by atoms with Gasteiger partial charge in [-0.2, -0.15) is 0 Å². The third-order valence-corrected chi connectivity index (χ3v) is 6.33. The Morgan fingerprint density at radius 1 is 1.13 bits per heavy atom. The van der Waals surface area contributed by atoms with Crippen LogP contribution in [-0.4, -0.2) is 45.4 Å². The van der Waals surface area contributed by atoms with Gasteiger partial charge < -0.3 is 15.0 Å². The molecule has 1 fully saturated rings. The van der Waals surface area contributed by atoms with Crippen LogP contribution in [0.2, 0.25) is 0 Å². The number of morpholine rings is 1. The van der Waals surface area contributed by atoms with Crippen LogP contribution in [0.4, 0.5) is 21.5 Å². The molecular formula is C22H28FN3O4S. The average Bonchev–Trinajstić information content (AvgIpc) is 2.67. The molecule has 9 heteroatoms. The number of ether oxygens (including phenoxy) is 1. The molecule has 1 aliphatic rings. The summed E-state index contributed by atoms with van der Waals surface area (Å²) in [6.45, 7) is 6.85. The van der Waals surface area contributed by atoms with Gasteiger partial charge in [-0.1, -0.05) is 13.0 Å². The van der Waals surface area contributed by atoms with Crippen molar-refractivity contribution in [1.82, 2.24) is 0 Å². The molecule has 2 aromatic rings. The summed E-state index contributed by atoms with van der Waals surface area (Å²) in [5.74, 6) is -0.895. The third-order valence-electron chi connectivity index (χ3n) is 4.84. The summed E-state index contributed by atoms with van der Waals surface area (Å²) in [4.78, 5) is 14.5. The van der Waals surface area contributed by atoms with Crippen LogP contribution < -0.4 is 14.9 Å². The van der Waals surface area contributed by atoms with E-state index in [2.05, 4.69) is 10.0 Å². The summed E-state index contributed by atoms with van der Waals surface area (Å²) in [6, 6.07) is 10.7. The number of carbonyl (C=O) groups excluding carboxylic acids is 1. The van der Waals surface area contributed by atoms with Crippen molar-refractivity contribution in [3.8, 4) is 0 Å². The van der Waals surface area contributed by atoms with Crippen molar-refractivity contribution in [2.24, 2.45) is 0 Å². The molecule has 0 radical (unpaired) electrons. The molecule has 1 aliphatic heterocycles. The molecular weight excluding hydrogens is 421 g/mol. The van der Waals surface area contributed by atoms with E-state index < -0.39 is 21.7 Å². The monoisotopic (exact) mass is 449 g/mol. The fourth-order valence-electron chi connectivity index (χ4n) is 3.64. The van der Waals surface area contributed by atoms with Gasteiger partial charge in [-0.15, -0.1) is 0 Å². The van der Waals surface area contributed by atoms with Gasteiger partial charge in [-0.3, -0.25) is 9.52 Å². The van der Waals surface area contributed by atoms with Gasteiger partial charge in [-0.25, -0.2) is 12.8 Å². The highest BCUT2D eigenvalue weighted by atomic mass is 32.2. The molecule has 0 aliphatic carbocycles. The molecule has 168 valence electrons. The minimum Gasteiger partial charge on any atom is -0.372 e. The van der Waals surface area contributed by atoms with Gasteiger partial charge in [-0.05, 0) is 56.7 Å². The van der Waals surface area contributed by atoms with Gasteiger partial charge in [0.15, 0.2) is 0 Å². The highest BCUT2D eigenvalue weighted by Crippen LogP contribution is 2.26. The Morgan fingerprint density at radius 3 is 2.48 bits per heavy atom. The molecule has 2 aromatic carbocycles. The lowest BCUT2D eigenvalue weighted by atomic mass is 10.1. The molecule has 1 amide bonds. The van der Waals surface area contributed by atoms with Crippen molar-refractivity contribution >= 4 is 33.0 Å². The lowest BCUT2D eigenvalue weighted by Gasteiger charge is -2.37. The molecule has 0 bridgehead atoms. The van der Waals surface area contributed by atoms with Crippen LogP contribution in [0, 0.1) is 5.82 Å².